The molecular formula is C10H7F11O2. The molecule has 0 N–H and O–H groups in total. The van der Waals surface area contributed by atoms with Gasteiger partial charge in [-0.15, -0.1) is 0 Å². The van der Waals surface area contributed by atoms with Crippen molar-refractivity contribution in [1.29, 1.82) is 0 Å². The molecule has 0 radical (unpaired) electrons. The van der Waals surface area contributed by atoms with Gasteiger partial charge < -0.3 is 4.74 Å². The molecule has 2 nitrogen and oxygen atoms in total. The van der Waals surface area contributed by atoms with Gasteiger partial charge in [-0.25, -0.2) is 4.79 Å². The van der Waals surface area contributed by atoms with E-state index in [4.69, 9.17) is 0 Å². The van der Waals surface area contributed by atoms with Gasteiger partial charge in [-0.2, -0.15) is 48.3 Å². The quantitative estimate of drug-likeness (QED) is 0.399. The third kappa shape index (κ3) is 3.22. The standard InChI is InChI=1S/C10H7F11O2/c1-3-5(22)23-4(2)6(11,12)7(13,14)8(15,16)9(17,18)10(19,20)21/h3-4H,1H2,2H3. The molecule has 1 unspecified atom stereocenters. The normalized spacial score (nSPS) is 16.0. The number of esters is 1. The van der Waals surface area contributed by atoms with Crippen molar-refractivity contribution >= 4 is 5.97 Å². The summed E-state index contributed by atoms with van der Waals surface area (Å²) in [6.45, 7) is 2.55. The van der Waals surface area contributed by atoms with Crippen LogP contribution in [0.2, 0.25) is 0 Å². The van der Waals surface area contributed by atoms with E-state index in [9.17, 15) is 53.1 Å². The van der Waals surface area contributed by atoms with E-state index in [2.05, 4.69) is 11.3 Å². The van der Waals surface area contributed by atoms with E-state index in [-0.39, 0.29) is 13.0 Å². The number of rotatable bonds is 6. The lowest BCUT2D eigenvalue weighted by atomic mass is 9.95. The zero-order valence-corrected chi connectivity index (χ0v) is 10.8. The second-order valence-electron chi connectivity index (χ2n) is 4.13. The molecule has 0 amide bonds. The number of ether oxygens (including phenoxy) is 1. The van der Waals surface area contributed by atoms with Crippen molar-refractivity contribution < 1.29 is 57.8 Å². The van der Waals surface area contributed by atoms with Crippen LogP contribution in [0.4, 0.5) is 48.3 Å². The maximum absolute atomic E-state index is 13.3. The van der Waals surface area contributed by atoms with Gasteiger partial charge in [-0.1, -0.05) is 6.58 Å². The molecule has 0 heterocycles. The molecule has 0 saturated heterocycles. The Morgan fingerprint density at radius 3 is 1.57 bits per heavy atom. The molecular weight excluding hydrogens is 361 g/mol. The first-order chi connectivity index (χ1) is 9.88. The van der Waals surface area contributed by atoms with Crippen molar-refractivity contribution in [2.75, 3.05) is 0 Å². The van der Waals surface area contributed by atoms with E-state index < -0.39 is 41.9 Å². The minimum absolute atomic E-state index is 0.100. The summed E-state index contributed by atoms with van der Waals surface area (Å²) in [6, 6.07) is 0. The predicted octanol–water partition coefficient (Wildman–Crippen LogP) is 4.21. The van der Waals surface area contributed by atoms with Crippen molar-refractivity contribution in [3.63, 3.8) is 0 Å². The smallest absolute Gasteiger partial charge is 0.453 e. The van der Waals surface area contributed by atoms with Crippen molar-refractivity contribution in [2.24, 2.45) is 0 Å². The minimum atomic E-state index is -7.53. The summed E-state index contributed by atoms with van der Waals surface area (Å²) >= 11 is 0. The summed E-state index contributed by atoms with van der Waals surface area (Å²) in [7, 11) is 0. The Bertz CT molecular complexity index is 466. The summed E-state index contributed by atoms with van der Waals surface area (Å²) < 4.78 is 142. The molecule has 0 aromatic heterocycles. The lowest BCUT2D eigenvalue weighted by Gasteiger charge is -2.38. The van der Waals surface area contributed by atoms with Gasteiger partial charge in [0.1, 0.15) is 0 Å². The largest absolute Gasteiger partial charge is 0.460 e. The lowest BCUT2D eigenvalue weighted by Crippen LogP contribution is -2.68. The molecule has 23 heavy (non-hydrogen) atoms. The Morgan fingerprint density at radius 1 is 0.870 bits per heavy atom. The fraction of sp³-hybridized carbons (Fsp3) is 0.700. The van der Waals surface area contributed by atoms with Crippen LogP contribution >= 0.6 is 0 Å². The van der Waals surface area contributed by atoms with Crippen LogP contribution in [0.15, 0.2) is 12.7 Å². The molecule has 0 aliphatic carbocycles. The summed E-state index contributed by atoms with van der Waals surface area (Å²) in [4.78, 5) is 10.6. The topological polar surface area (TPSA) is 26.3 Å². The fourth-order valence-electron chi connectivity index (χ4n) is 1.14. The van der Waals surface area contributed by atoms with E-state index in [0.717, 1.165) is 0 Å². The summed E-state index contributed by atoms with van der Waals surface area (Å²) in [6.07, 6.45) is -10.6. The van der Waals surface area contributed by atoms with Crippen molar-refractivity contribution in [1.82, 2.24) is 0 Å². The van der Waals surface area contributed by atoms with Gasteiger partial charge >= 0.3 is 35.8 Å². The number of alkyl halides is 11. The molecule has 0 aliphatic rings. The first-order valence-electron chi connectivity index (χ1n) is 5.29. The third-order valence-electron chi connectivity index (χ3n) is 2.53. The zero-order valence-electron chi connectivity index (χ0n) is 10.8. The Balaban J connectivity index is 5.93. The molecule has 0 fully saturated rings. The summed E-state index contributed by atoms with van der Waals surface area (Å²) in [5.74, 6) is -30.3. The fourth-order valence-corrected chi connectivity index (χ4v) is 1.14. The molecule has 1 atom stereocenters. The van der Waals surface area contributed by atoms with Crippen LogP contribution in [0.1, 0.15) is 6.92 Å². The lowest BCUT2D eigenvalue weighted by molar-refractivity contribution is -0.427. The van der Waals surface area contributed by atoms with Crippen LogP contribution in [0.3, 0.4) is 0 Å². The first kappa shape index (κ1) is 21.4. The Kier molecular flexibility index (Phi) is 5.42. The van der Waals surface area contributed by atoms with Crippen LogP contribution in [-0.2, 0) is 9.53 Å². The van der Waals surface area contributed by atoms with Crippen LogP contribution in [-0.4, -0.2) is 41.9 Å². The Hall–Kier alpha value is -1.56. The second-order valence-corrected chi connectivity index (χ2v) is 4.13. The third-order valence-corrected chi connectivity index (χ3v) is 2.53. The van der Waals surface area contributed by atoms with Crippen LogP contribution in [0.25, 0.3) is 0 Å². The highest BCUT2D eigenvalue weighted by Crippen LogP contribution is 2.58. The van der Waals surface area contributed by atoms with E-state index in [0.29, 0.717) is 0 Å². The molecule has 136 valence electrons. The average Bonchev–Trinajstić information content (AvgIpc) is 2.36. The van der Waals surface area contributed by atoms with Gasteiger partial charge in [0.25, 0.3) is 0 Å². The van der Waals surface area contributed by atoms with Gasteiger partial charge in [0.15, 0.2) is 6.10 Å². The number of carbonyl (C=O) groups is 1. The Labute approximate surface area is 120 Å². The van der Waals surface area contributed by atoms with Gasteiger partial charge in [0, 0.05) is 6.08 Å². The van der Waals surface area contributed by atoms with Gasteiger partial charge in [-0.05, 0) is 6.92 Å². The maximum Gasteiger partial charge on any atom is 0.460 e. The molecule has 13 heteroatoms. The molecule has 0 spiro atoms. The summed E-state index contributed by atoms with van der Waals surface area (Å²) in [5.41, 5.74) is 0. The van der Waals surface area contributed by atoms with Crippen LogP contribution in [0.5, 0.6) is 0 Å². The highest BCUT2D eigenvalue weighted by atomic mass is 19.4. The molecule has 0 aromatic rings. The number of carbonyl (C=O) groups excluding carboxylic acids is 1. The zero-order chi connectivity index (χ0) is 19.1. The highest BCUT2D eigenvalue weighted by molar-refractivity contribution is 5.81. The molecule has 0 rings (SSSR count). The van der Waals surface area contributed by atoms with Crippen molar-refractivity contribution in [3.8, 4) is 0 Å². The first-order valence-corrected chi connectivity index (χ1v) is 5.29. The summed E-state index contributed by atoms with van der Waals surface area (Å²) in [5, 5.41) is 0. The number of hydrogen-bond acceptors (Lipinski definition) is 2. The van der Waals surface area contributed by atoms with Gasteiger partial charge in [-0.3, -0.25) is 0 Å². The SMILES string of the molecule is C=CC(=O)OC(C)C(F)(F)C(F)(F)C(F)(F)C(F)(F)C(F)(F)F. The second kappa shape index (κ2) is 5.82. The minimum Gasteiger partial charge on any atom is -0.453 e. The van der Waals surface area contributed by atoms with E-state index in [1.807, 2.05) is 0 Å². The highest BCUT2D eigenvalue weighted by Gasteiger charge is 2.88. The van der Waals surface area contributed by atoms with Crippen molar-refractivity contribution in [3.05, 3.63) is 12.7 Å². The molecule has 0 aliphatic heterocycles. The van der Waals surface area contributed by atoms with Crippen molar-refractivity contribution in [2.45, 2.75) is 42.9 Å². The molecule has 0 saturated carbocycles. The maximum atomic E-state index is 13.3. The van der Waals surface area contributed by atoms with Gasteiger partial charge in [0.05, 0.1) is 0 Å². The van der Waals surface area contributed by atoms with Crippen LogP contribution in [0, 0.1) is 0 Å². The van der Waals surface area contributed by atoms with Gasteiger partial charge in [0.2, 0.25) is 0 Å². The predicted molar refractivity (Wildman–Crippen MR) is 51.6 cm³/mol. The van der Waals surface area contributed by atoms with Crippen LogP contribution < -0.4 is 0 Å². The van der Waals surface area contributed by atoms with E-state index >= 15 is 0 Å². The molecule has 0 aromatic carbocycles. The average molecular weight is 368 g/mol. The van der Waals surface area contributed by atoms with E-state index in [1.54, 1.807) is 0 Å². The Morgan fingerprint density at radius 2 is 1.26 bits per heavy atom. The monoisotopic (exact) mass is 368 g/mol. The number of halogens is 11. The molecule has 0 bridgehead atoms. The number of hydrogen-bond donors (Lipinski definition) is 0. The van der Waals surface area contributed by atoms with E-state index in [1.165, 1.54) is 0 Å².